The van der Waals surface area contributed by atoms with Crippen molar-refractivity contribution in [1.29, 1.82) is 0 Å². The molecule has 1 atom stereocenters. The summed E-state index contributed by atoms with van der Waals surface area (Å²) in [5, 5.41) is 2.17. The first-order chi connectivity index (χ1) is 7.81. The molecule has 2 aromatic rings. The largest absolute Gasteiger partial charge is 0.261 e. The minimum Gasteiger partial charge on any atom is -0.261 e. The summed E-state index contributed by atoms with van der Waals surface area (Å²) in [7, 11) is 0. The molecule has 3 heteroatoms. The molecule has 0 aliphatic carbocycles. The van der Waals surface area contributed by atoms with E-state index in [-0.39, 0.29) is 0 Å². The van der Waals surface area contributed by atoms with Gasteiger partial charge in [0.2, 0.25) is 0 Å². The second-order valence-electron chi connectivity index (χ2n) is 3.66. The highest BCUT2D eigenvalue weighted by Gasteiger charge is 2.13. The molecule has 0 spiro atoms. The number of hydrogen-bond donors (Lipinski definition) is 0. The summed E-state index contributed by atoms with van der Waals surface area (Å²) in [4.78, 5) is 6.18. The Morgan fingerprint density at radius 1 is 1.38 bits per heavy atom. The molecule has 0 N–H and O–H groups in total. The Labute approximate surface area is 109 Å². The summed E-state index contributed by atoms with van der Waals surface area (Å²) in [6, 6.07) is 8.28. The Kier molecular flexibility index (Phi) is 4.13. The summed E-state index contributed by atoms with van der Waals surface area (Å²) in [5.74, 6) is 0. The van der Waals surface area contributed by atoms with Crippen LogP contribution in [0.2, 0.25) is 0 Å². The van der Waals surface area contributed by atoms with Crippen LogP contribution in [0.4, 0.5) is 0 Å². The van der Waals surface area contributed by atoms with E-state index in [1.165, 1.54) is 10.4 Å². The van der Waals surface area contributed by atoms with Gasteiger partial charge in [0.25, 0.3) is 0 Å². The zero-order valence-electron chi connectivity index (χ0n) is 9.19. The van der Waals surface area contributed by atoms with E-state index in [4.69, 9.17) is 0 Å². The molecule has 0 saturated heterocycles. The number of hydrogen-bond acceptors (Lipinski definition) is 2. The molecule has 84 valence electrons. The van der Waals surface area contributed by atoms with Gasteiger partial charge in [-0.3, -0.25) is 4.98 Å². The SMILES string of the molecule is CCc1ccsc1C(Br)Cc1ccccn1. The number of rotatable bonds is 4. The summed E-state index contributed by atoms with van der Waals surface area (Å²) in [6.45, 7) is 2.20. The molecule has 2 rings (SSSR count). The van der Waals surface area contributed by atoms with E-state index >= 15 is 0 Å². The molecule has 2 heterocycles. The maximum absolute atomic E-state index is 4.36. The van der Waals surface area contributed by atoms with Gasteiger partial charge in [0.15, 0.2) is 0 Å². The van der Waals surface area contributed by atoms with Crippen LogP contribution in [0, 0.1) is 0 Å². The predicted octanol–water partition coefficient (Wildman–Crippen LogP) is 4.38. The number of halogens is 1. The van der Waals surface area contributed by atoms with Crippen LogP contribution in [-0.4, -0.2) is 4.98 Å². The summed E-state index contributed by atoms with van der Waals surface area (Å²) >= 11 is 5.59. The smallest absolute Gasteiger partial charge is 0.0547 e. The van der Waals surface area contributed by atoms with E-state index in [1.54, 1.807) is 0 Å². The van der Waals surface area contributed by atoms with Crippen LogP contribution in [0.3, 0.4) is 0 Å². The Bertz CT molecular complexity index is 438. The zero-order valence-corrected chi connectivity index (χ0v) is 11.6. The highest BCUT2D eigenvalue weighted by Crippen LogP contribution is 2.33. The topological polar surface area (TPSA) is 12.9 Å². The lowest BCUT2D eigenvalue weighted by atomic mass is 10.1. The van der Waals surface area contributed by atoms with Crippen molar-refractivity contribution in [2.75, 3.05) is 0 Å². The van der Waals surface area contributed by atoms with Gasteiger partial charge in [-0.25, -0.2) is 0 Å². The van der Waals surface area contributed by atoms with Gasteiger partial charge in [-0.1, -0.05) is 28.9 Å². The monoisotopic (exact) mass is 295 g/mol. The molecular formula is C13H14BrNS. The number of pyridine rings is 1. The third-order valence-electron chi connectivity index (χ3n) is 2.56. The van der Waals surface area contributed by atoms with Crippen LogP contribution in [0.5, 0.6) is 0 Å². The lowest BCUT2D eigenvalue weighted by Crippen LogP contribution is -1.97. The van der Waals surface area contributed by atoms with Gasteiger partial charge >= 0.3 is 0 Å². The number of aryl methyl sites for hydroxylation is 1. The van der Waals surface area contributed by atoms with E-state index in [9.17, 15) is 0 Å². The van der Waals surface area contributed by atoms with Gasteiger partial charge in [-0.15, -0.1) is 11.3 Å². The van der Waals surface area contributed by atoms with Gasteiger partial charge in [0.1, 0.15) is 0 Å². The second-order valence-corrected chi connectivity index (χ2v) is 5.71. The molecule has 0 aliphatic rings. The molecule has 0 amide bonds. The molecule has 0 saturated carbocycles. The number of thiophene rings is 1. The van der Waals surface area contributed by atoms with Crippen LogP contribution >= 0.6 is 27.3 Å². The first-order valence-corrected chi connectivity index (χ1v) is 7.21. The molecule has 16 heavy (non-hydrogen) atoms. The van der Waals surface area contributed by atoms with Crippen LogP contribution in [0.1, 0.15) is 27.9 Å². The Morgan fingerprint density at radius 3 is 2.94 bits per heavy atom. The summed E-state index contributed by atoms with van der Waals surface area (Å²) in [5.41, 5.74) is 2.59. The third-order valence-corrected chi connectivity index (χ3v) is 4.72. The van der Waals surface area contributed by atoms with Crippen LogP contribution in [0.25, 0.3) is 0 Å². The highest BCUT2D eigenvalue weighted by molar-refractivity contribution is 9.09. The number of alkyl halides is 1. The maximum atomic E-state index is 4.36. The normalized spacial score (nSPS) is 12.6. The fourth-order valence-corrected chi connectivity index (χ4v) is 3.63. The Balaban J connectivity index is 2.11. The Morgan fingerprint density at radius 2 is 2.25 bits per heavy atom. The van der Waals surface area contributed by atoms with Gasteiger partial charge in [0, 0.05) is 23.2 Å². The summed E-state index contributed by atoms with van der Waals surface area (Å²) in [6.07, 6.45) is 3.90. The molecule has 0 aliphatic heterocycles. The average Bonchev–Trinajstić information content (AvgIpc) is 2.78. The van der Waals surface area contributed by atoms with Gasteiger partial charge in [-0.2, -0.15) is 0 Å². The molecular weight excluding hydrogens is 282 g/mol. The fourth-order valence-electron chi connectivity index (χ4n) is 1.71. The van der Waals surface area contributed by atoms with Gasteiger partial charge in [-0.05, 0) is 35.6 Å². The van der Waals surface area contributed by atoms with E-state index in [0.29, 0.717) is 4.83 Å². The lowest BCUT2D eigenvalue weighted by Gasteiger charge is -2.09. The predicted molar refractivity (Wildman–Crippen MR) is 73.3 cm³/mol. The average molecular weight is 296 g/mol. The molecule has 2 aromatic heterocycles. The zero-order chi connectivity index (χ0) is 11.4. The summed E-state index contributed by atoms with van der Waals surface area (Å²) < 4.78 is 0. The van der Waals surface area contributed by atoms with Crippen LogP contribution in [0.15, 0.2) is 35.8 Å². The molecule has 0 bridgehead atoms. The standard InChI is InChI=1S/C13H14BrNS/c1-2-10-6-8-16-13(10)12(14)9-11-5-3-4-7-15-11/h3-8,12H,2,9H2,1H3. The maximum Gasteiger partial charge on any atom is 0.0547 e. The Hall–Kier alpha value is -0.670. The first kappa shape index (κ1) is 11.8. The molecule has 0 fully saturated rings. The fraction of sp³-hybridized carbons (Fsp3) is 0.308. The van der Waals surface area contributed by atoms with Crippen molar-refractivity contribution in [2.45, 2.75) is 24.6 Å². The van der Waals surface area contributed by atoms with Crippen molar-refractivity contribution in [3.63, 3.8) is 0 Å². The van der Waals surface area contributed by atoms with Crippen LogP contribution < -0.4 is 0 Å². The van der Waals surface area contributed by atoms with Gasteiger partial charge < -0.3 is 0 Å². The highest BCUT2D eigenvalue weighted by atomic mass is 79.9. The lowest BCUT2D eigenvalue weighted by molar-refractivity contribution is 0.905. The van der Waals surface area contributed by atoms with Crippen molar-refractivity contribution in [3.05, 3.63) is 52.0 Å². The first-order valence-electron chi connectivity index (χ1n) is 5.41. The minimum absolute atomic E-state index is 0.386. The molecule has 0 aromatic carbocycles. The van der Waals surface area contributed by atoms with Crippen molar-refractivity contribution in [3.8, 4) is 0 Å². The van der Waals surface area contributed by atoms with Gasteiger partial charge in [0.05, 0.1) is 4.83 Å². The van der Waals surface area contributed by atoms with Crippen molar-refractivity contribution < 1.29 is 0 Å². The van der Waals surface area contributed by atoms with E-state index in [2.05, 4.69) is 45.4 Å². The molecule has 1 unspecified atom stereocenters. The number of aromatic nitrogens is 1. The van der Waals surface area contributed by atoms with E-state index in [0.717, 1.165) is 18.5 Å². The quantitative estimate of drug-likeness (QED) is 0.763. The van der Waals surface area contributed by atoms with Crippen molar-refractivity contribution in [1.82, 2.24) is 4.98 Å². The second kappa shape index (κ2) is 5.60. The van der Waals surface area contributed by atoms with Crippen molar-refractivity contribution in [2.24, 2.45) is 0 Å². The molecule has 1 nitrogen and oxygen atoms in total. The van der Waals surface area contributed by atoms with E-state index in [1.807, 2.05) is 29.7 Å². The van der Waals surface area contributed by atoms with E-state index < -0.39 is 0 Å². The molecule has 0 radical (unpaired) electrons. The minimum atomic E-state index is 0.386. The van der Waals surface area contributed by atoms with Crippen LogP contribution in [-0.2, 0) is 12.8 Å². The number of nitrogens with zero attached hydrogens (tertiary/aromatic N) is 1. The van der Waals surface area contributed by atoms with Crippen molar-refractivity contribution >= 4 is 27.3 Å². The third kappa shape index (κ3) is 2.71.